The Balaban J connectivity index is 0.00000156. The van der Waals surface area contributed by atoms with Gasteiger partial charge < -0.3 is 5.32 Å². The van der Waals surface area contributed by atoms with E-state index in [0.717, 1.165) is 22.8 Å². The molecule has 124 valence electrons. The molecule has 0 bridgehead atoms. The highest BCUT2D eigenvalue weighted by Crippen LogP contribution is 2.36. The maximum absolute atomic E-state index is 13.0. The lowest BCUT2D eigenvalue weighted by Gasteiger charge is -2.22. The Morgan fingerprint density at radius 2 is 2.09 bits per heavy atom. The monoisotopic (exact) mass is 353 g/mol. The first kappa shape index (κ1) is 16.8. The third kappa shape index (κ3) is 3.58. The summed E-state index contributed by atoms with van der Waals surface area (Å²) in [4.78, 5) is 7.25. The van der Waals surface area contributed by atoms with Crippen LogP contribution in [-0.4, -0.2) is 36.1 Å². The highest BCUT2D eigenvalue weighted by Gasteiger charge is 2.40. The Morgan fingerprint density at radius 1 is 1.26 bits per heavy atom. The smallest absolute Gasteiger partial charge is 0.123 e. The number of rotatable bonds is 3. The summed E-state index contributed by atoms with van der Waals surface area (Å²) in [5.74, 6) is -0.201. The van der Waals surface area contributed by atoms with Crippen molar-refractivity contribution in [1.29, 1.82) is 0 Å². The van der Waals surface area contributed by atoms with Crippen LogP contribution in [0.5, 0.6) is 0 Å². The largest absolute Gasteiger partial charge is 0.316 e. The van der Waals surface area contributed by atoms with E-state index >= 15 is 0 Å². The van der Waals surface area contributed by atoms with Crippen molar-refractivity contribution in [2.24, 2.45) is 5.41 Å². The molecule has 1 aromatic heterocycles. The molecule has 0 radical (unpaired) electrons. The molecule has 2 saturated heterocycles. The molecule has 1 spiro atoms. The molecule has 2 aliphatic heterocycles. The quantitative estimate of drug-likeness (QED) is 0.914. The molecule has 3 heterocycles. The molecule has 3 nitrogen and oxygen atoms in total. The lowest BCUT2D eigenvalue weighted by Crippen LogP contribution is -2.29. The molecule has 2 aromatic rings. The predicted octanol–water partition coefficient (Wildman–Crippen LogP) is 3.56. The van der Waals surface area contributed by atoms with Crippen molar-refractivity contribution < 1.29 is 4.39 Å². The minimum Gasteiger partial charge on any atom is -0.316 e. The lowest BCUT2D eigenvalue weighted by molar-refractivity contribution is 0.267. The summed E-state index contributed by atoms with van der Waals surface area (Å²) in [5.41, 5.74) is 2.64. The summed E-state index contributed by atoms with van der Waals surface area (Å²) in [6.07, 6.45) is 2.61. The number of aromatic nitrogens is 1. The molecular weight excluding hydrogens is 333 g/mol. The number of halogens is 2. The van der Waals surface area contributed by atoms with Gasteiger partial charge in [0.2, 0.25) is 0 Å². The van der Waals surface area contributed by atoms with Gasteiger partial charge in [0.05, 0.1) is 5.69 Å². The van der Waals surface area contributed by atoms with Gasteiger partial charge in [0.25, 0.3) is 0 Å². The molecule has 1 N–H and O–H groups in total. The van der Waals surface area contributed by atoms with Gasteiger partial charge in [0.1, 0.15) is 10.8 Å². The molecule has 0 amide bonds. The van der Waals surface area contributed by atoms with E-state index in [4.69, 9.17) is 4.98 Å². The van der Waals surface area contributed by atoms with Crippen molar-refractivity contribution in [2.75, 3.05) is 26.2 Å². The lowest BCUT2D eigenvalue weighted by atomic mass is 9.87. The van der Waals surface area contributed by atoms with Gasteiger partial charge in [0, 0.05) is 30.6 Å². The zero-order valence-electron chi connectivity index (χ0n) is 12.9. The van der Waals surface area contributed by atoms with Crippen LogP contribution in [0.1, 0.15) is 18.5 Å². The van der Waals surface area contributed by atoms with E-state index in [1.165, 1.54) is 51.2 Å². The van der Waals surface area contributed by atoms with Crippen molar-refractivity contribution in [2.45, 2.75) is 19.4 Å². The van der Waals surface area contributed by atoms with Crippen LogP contribution < -0.4 is 5.32 Å². The summed E-state index contributed by atoms with van der Waals surface area (Å²) in [6.45, 7) is 5.62. The van der Waals surface area contributed by atoms with Gasteiger partial charge in [-0.2, -0.15) is 0 Å². The molecule has 4 rings (SSSR count). The number of likely N-dealkylation sites (tertiary alicyclic amines) is 1. The van der Waals surface area contributed by atoms with Gasteiger partial charge in [-0.3, -0.25) is 4.90 Å². The highest BCUT2D eigenvalue weighted by atomic mass is 35.5. The number of hydrogen-bond donors (Lipinski definition) is 1. The van der Waals surface area contributed by atoms with E-state index in [1.54, 1.807) is 23.5 Å². The standard InChI is InChI=1S/C17H20FN3S.ClH/c18-14-3-1-13(2-4-14)16-20-15(10-22-16)9-21-8-6-17(12-21)5-7-19-11-17;/h1-4,10,19H,5-9,11-12H2;1H. The van der Waals surface area contributed by atoms with Gasteiger partial charge in [-0.25, -0.2) is 9.37 Å². The van der Waals surface area contributed by atoms with E-state index in [9.17, 15) is 4.39 Å². The molecule has 0 saturated carbocycles. The van der Waals surface area contributed by atoms with E-state index in [0.29, 0.717) is 5.41 Å². The first-order valence-corrected chi connectivity index (χ1v) is 8.74. The van der Waals surface area contributed by atoms with E-state index in [-0.39, 0.29) is 18.2 Å². The third-order valence-corrected chi connectivity index (χ3v) is 5.82. The van der Waals surface area contributed by atoms with Crippen LogP contribution in [0.3, 0.4) is 0 Å². The predicted molar refractivity (Wildman–Crippen MR) is 94.6 cm³/mol. The van der Waals surface area contributed by atoms with Crippen molar-refractivity contribution in [3.05, 3.63) is 41.2 Å². The van der Waals surface area contributed by atoms with Gasteiger partial charge in [-0.1, -0.05) is 0 Å². The molecule has 0 aliphatic carbocycles. The maximum Gasteiger partial charge on any atom is 0.123 e. The van der Waals surface area contributed by atoms with Crippen LogP contribution >= 0.6 is 23.7 Å². The minimum absolute atomic E-state index is 0. The number of hydrogen-bond acceptors (Lipinski definition) is 4. The molecule has 1 atom stereocenters. The number of nitrogens with one attached hydrogen (secondary N) is 1. The van der Waals surface area contributed by atoms with Gasteiger partial charge in [-0.05, 0) is 55.6 Å². The summed E-state index contributed by atoms with van der Waals surface area (Å²) >= 11 is 1.64. The average Bonchev–Trinajstić information content (AvgIpc) is 3.24. The second kappa shape index (κ2) is 6.85. The van der Waals surface area contributed by atoms with Crippen LogP contribution in [0.4, 0.5) is 4.39 Å². The SMILES string of the molecule is Cl.Fc1ccc(-c2nc(CN3CCC4(CCNC4)C3)cs2)cc1. The van der Waals surface area contributed by atoms with E-state index in [1.807, 2.05) is 0 Å². The third-order valence-electron chi connectivity index (χ3n) is 4.88. The Hall–Kier alpha value is -1.01. The summed E-state index contributed by atoms with van der Waals surface area (Å²) in [5, 5.41) is 6.61. The van der Waals surface area contributed by atoms with Gasteiger partial charge in [-0.15, -0.1) is 23.7 Å². The zero-order chi connectivity index (χ0) is 15.0. The van der Waals surface area contributed by atoms with Crippen LogP contribution in [0.25, 0.3) is 10.6 Å². The first-order valence-electron chi connectivity index (χ1n) is 7.86. The molecule has 2 aliphatic rings. The molecule has 2 fully saturated rings. The zero-order valence-corrected chi connectivity index (χ0v) is 14.6. The Kier molecular flexibility index (Phi) is 5.01. The van der Waals surface area contributed by atoms with E-state index < -0.39 is 0 Å². The first-order chi connectivity index (χ1) is 10.7. The van der Waals surface area contributed by atoms with Crippen LogP contribution in [0.2, 0.25) is 0 Å². The van der Waals surface area contributed by atoms with E-state index in [2.05, 4.69) is 15.6 Å². The second-order valence-corrected chi connectivity index (χ2v) is 7.40. The Labute approximate surface area is 146 Å². The topological polar surface area (TPSA) is 28.2 Å². The van der Waals surface area contributed by atoms with Gasteiger partial charge >= 0.3 is 0 Å². The second-order valence-electron chi connectivity index (χ2n) is 6.54. The Morgan fingerprint density at radius 3 is 2.83 bits per heavy atom. The molecular formula is C17H21ClFN3S. The summed E-state index contributed by atoms with van der Waals surface area (Å²) < 4.78 is 13.0. The summed E-state index contributed by atoms with van der Waals surface area (Å²) in [6, 6.07) is 6.58. The van der Waals surface area contributed by atoms with Gasteiger partial charge in [0.15, 0.2) is 0 Å². The van der Waals surface area contributed by atoms with Crippen molar-refractivity contribution >= 4 is 23.7 Å². The minimum atomic E-state index is -0.201. The Bertz CT molecular complexity index is 652. The maximum atomic E-state index is 13.0. The van der Waals surface area contributed by atoms with Crippen molar-refractivity contribution in [3.8, 4) is 10.6 Å². The summed E-state index contributed by atoms with van der Waals surface area (Å²) in [7, 11) is 0. The fourth-order valence-electron chi connectivity index (χ4n) is 3.64. The normalized spacial score (nSPS) is 24.2. The fraction of sp³-hybridized carbons (Fsp3) is 0.471. The number of thiazole rings is 1. The van der Waals surface area contributed by atoms with Crippen molar-refractivity contribution in [1.82, 2.24) is 15.2 Å². The average molecular weight is 354 g/mol. The molecule has 1 unspecified atom stereocenters. The van der Waals surface area contributed by atoms with Crippen LogP contribution in [0, 0.1) is 11.2 Å². The van der Waals surface area contributed by atoms with Crippen molar-refractivity contribution in [3.63, 3.8) is 0 Å². The molecule has 1 aromatic carbocycles. The highest BCUT2D eigenvalue weighted by molar-refractivity contribution is 7.13. The molecule has 23 heavy (non-hydrogen) atoms. The van der Waals surface area contributed by atoms with Crippen LogP contribution in [-0.2, 0) is 6.54 Å². The fourth-order valence-corrected chi connectivity index (χ4v) is 4.46. The number of benzene rings is 1. The molecule has 6 heteroatoms. The van der Waals surface area contributed by atoms with Crippen LogP contribution in [0.15, 0.2) is 29.6 Å². The number of nitrogens with zero attached hydrogens (tertiary/aromatic N) is 2.